The average Bonchev–Trinajstić information content (AvgIpc) is 3.01. The number of hydrogen-bond donors (Lipinski definition) is 0. The number of para-hydroxylation sites is 2. The standard InChI is InChI=1S/C28H32N6O2/c1-4-20(2)33-23-12-8-9-13-24(23)34(25(35)19-32-16-14-31(3)15-17-32)27-22(28(33)36)18-29-26(30-27)21-10-6-5-7-11-21/h5-13,18,20H,4,14-17,19H2,1-3H3. The molecule has 0 radical (unpaired) electrons. The predicted molar refractivity (Wildman–Crippen MR) is 142 cm³/mol. The molecular formula is C28H32N6O2. The smallest absolute Gasteiger partial charge is 0.263 e. The third-order valence-corrected chi connectivity index (χ3v) is 7.08. The fraction of sp³-hybridized carbons (Fsp3) is 0.357. The molecule has 1 unspecified atom stereocenters. The lowest BCUT2D eigenvalue weighted by atomic mass is 10.1. The molecule has 186 valence electrons. The molecular weight excluding hydrogens is 452 g/mol. The van der Waals surface area contributed by atoms with Crippen LogP contribution in [0, 0.1) is 0 Å². The minimum absolute atomic E-state index is 0.0621. The second-order valence-corrected chi connectivity index (χ2v) is 9.53. The van der Waals surface area contributed by atoms with Gasteiger partial charge in [-0.05, 0) is 32.5 Å². The van der Waals surface area contributed by atoms with Crippen LogP contribution in [-0.2, 0) is 4.79 Å². The van der Waals surface area contributed by atoms with Gasteiger partial charge in [-0.1, -0.05) is 49.4 Å². The average molecular weight is 485 g/mol. The summed E-state index contributed by atoms with van der Waals surface area (Å²) in [6.45, 7) is 7.81. The number of rotatable bonds is 5. The summed E-state index contributed by atoms with van der Waals surface area (Å²) in [5.74, 6) is 0.520. The molecule has 0 saturated carbocycles. The molecule has 1 atom stereocenters. The van der Waals surface area contributed by atoms with E-state index in [1.54, 1.807) is 16.0 Å². The molecule has 2 aliphatic rings. The van der Waals surface area contributed by atoms with E-state index in [1.807, 2.05) is 61.5 Å². The lowest BCUT2D eigenvalue weighted by molar-refractivity contribution is -0.119. The Bertz CT molecular complexity index is 1260. The van der Waals surface area contributed by atoms with Gasteiger partial charge in [-0.15, -0.1) is 0 Å². The first-order valence-corrected chi connectivity index (χ1v) is 12.6. The van der Waals surface area contributed by atoms with Gasteiger partial charge in [-0.25, -0.2) is 9.97 Å². The van der Waals surface area contributed by atoms with Gasteiger partial charge in [0.15, 0.2) is 11.6 Å². The van der Waals surface area contributed by atoms with Crippen molar-refractivity contribution in [2.24, 2.45) is 0 Å². The number of hydrogen-bond acceptors (Lipinski definition) is 6. The molecule has 2 aliphatic heterocycles. The van der Waals surface area contributed by atoms with Crippen molar-refractivity contribution in [2.75, 3.05) is 49.6 Å². The third kappa shape index (κ3) is 4.50. The Morgan fingerprint density at radius 1 is 0.972 bits per heavy atom. The molecule has 8 nitrogen and oxygen atoms in total. The molecule has 8 heteroatoms. The summed E-state index contributed by atoms with van der Waals surface area (Å²) in [7, 11) is 2.09. The summed E-state index contributed by atoms with van der Waals surface area (Å²) in [5.41, 5.74) is 2.54. The summed E-state index contributed by atoms with van der Waals surface area (Å²) >= 11 is 0. The van der Waals surface area contributed by atoms with Crippen molar-refractivity contribution in [1.82, 2.24) is 19.8 Å². The number of carbonyl (C=O) groups is 2. The zero-order valence-corrected chi connectivity index (χ0v) is 21.1. The van der Waals surface area contributed by atoms with Crippen molar-refractivity contribution >= 4 is 29.0 Å². The van der Waals surface area contributed by atoms with Gasteiger partial charge in [0, 0.05) is 44.0 Å². The van der Waals surface area contributed by atoms with Gasteiger partial charge in [0.1, 0.15) is 5.56 Å². The number of carbonyl (C=O) groups excluding carboxylic acids is 2. The Morgan fingerprint density at radius 2 is 1.64 bits per heavy atom. The first kappa shape index (κ1) is 24.1. The van der Waals surface area contributed by atoms with Crippen LogP contribution in [0.3, 0.4) is 0 Å². The van der Waals surface area contributed by atoms with Crippen LogP contribution >= 0.6 is 0 Å². The second-order valence-electron chi connectivity index (χ2n) is 9.53. The lowest BCUT2D eigenvalue weighted by Crippen LogP contribution is -2.48. The largest absolute Gasteiger partial charge is 0.304 e. The summed E-state index contributed by atoms with van der Waals surface area (Å²) in [6, 6.07) is 17.2. The number of nitrogens with zero attached hydrogens (tertiary/aromatic N) is 6. The van der Waals surface area contributed by atoms with E-state index in [2.05, 4.69) is 28.8 Å². The molecule has 1 saturated heterocycles. The highest BCUT2D eigenvalue weighted by atomic mass is 16.2. The zero-order chi connectivity index (χ0) is 25.2. The third-order valence-electron chi connectivity index (χ3n) is 7.08. The maximum atomic E-state index is 14.0. The second kappa shape index (κ2) is 10.2. The normalized spacial score (nSPS) is 17.4. The molecule has 36 heavy (non-hydrogen) atoms. The van der Waals surface area contributed by atoms with E-state index in [-0.39, 0.29) is 24.4 Å². The van der Waals surface area contributed by atoms with Crippen LogP contribution in [0.2, 0.25) is 0 Å². The Kier molecular flexibility index (Phi) is 6.80. The van der Waals surface area contributed by atoms with Crippen molar-refractivity contribution < 1.29 is 9.59 Å². The van der Waals surface area contributed by atoms with Crippen LogP contribution in [0.15, 0.2) is 60.8 Å². The summed E-state index contributed by atoms with van der Waals surface area (Å²) in [4.78, 5) is 45.2. The Balaban J connectivity index is 1.66. The molecule has 2 aromatic carbocycles. The molecule has 0 bridgehead atoms. The van der Waals surface area contributed by atoms with Crippen LogP contribution in [0.1, 0.15) is 30.6 Å². The summed E-state index contributed by atoms with van der Waals surface area (Å²) in [5, 5.41) is 0. The van der Waals surface area contributed by atoms with Crippen molar-refractivity contribution in [2.45, 2.75) is 26.3 Å². The van der Waals surface area contributed by atoms with Crippen molar-refractivity contribution in [1.29, 1.82) is 0 Å². The molecule has 2 amide bonds. The van der Waals surface area contributed by atoms with Crippen LogP contribution in [0.25, 0.3) is 11.4 Å². The molecule has 0 aliphatic carbocycles. The SMILES string of the molecule is CCC(C)N1C(=O)c2cnc(-c3ccccc3)nc2N(C(=O)CN2CCN(C)CC2)c2ccccc21. The lowest BCUT2D eigenvalue weighted by Gasteiger charge is -2.33. The molecule has 5 rings (SSSR count). The van der Waals surface area contributed by atoms with Gasteiger partial charge >= 0.3 is 0 Å². The number of piperazine rings is 1. The maximum Gasteiger partial charge on any atom is 0.263 e. The summed E-state index contributed by atoms with van der Waals surface area (Å²) < 4.78 is 0. The highest BCUT2D eigenvalue weighted by molar-refractivity contribution is 6.18. The number of fused-ring (bicyclic) bond motifs is 2. The Hall–Kier alpha value is -3.62. The van der Waals surface area contributed by atoms with Gasteiger partial charge in [0.25, 0.3) is 5.91 Å². The molecule has 0 spiro atoms. The van der Waals surface area contributed by atoms with Gasteiger partial charge in [0.2, 0.25) is 5.91 Å². The highest BCUT2D eigenvalue weighted by Crippen LogP contribution is 2.41. The van der Waals surface area contributed by atoms with Crippen molar-refractivity contribution in [3.8, 4) is 11.4 Å². The highest BCUT2D eigenvalue weighted by Gasteiger charge is 2.37. The van der Waals surface area contributed by atoms with Crippen LogP contribution in [0.4, 0.5) is 17.2 Å². The van der Waals surface area contributed by atoms with E-state index in [4.69, 9.17) is 4.98 Å². The molecule has 1 fully saturated rings. The van der Waals surface area contributed by atoms with Crippen molar-refractivity contribution in [3.63, 3.8) is 0 Å². The zero-order valence-electron chi connectivity index (χ0n) is 21.1. The van der Waals surface area contributed by atoms with Gasteiger partial charge in [-0.3, -0.25) is 19.4 Å². The molecule has 3 aromatic rings. The van der Waals surface area contributed by atoms with E-state index >= 15 is 0 Å². The molecule has 3 heterocycles. The van der Waals surface area contributed by atoms with Gasteiger partial charge in [0.05, 0.1) is 17.9 Å². The van der Waals surface area contributed by atoms with Crippen LogP contribution in [0.5, 0.6) is 0 Å². The number of likely N-dealkylation sites (N-methyl/N-ethyl adjacent to an activating group) is 1. The predicted octanol–water partition coefficient (Wildman–Crippen LogP) is 3.81. The minimum Gasteiger partial charge on any atom is -0.304 e. The fourth-order valence-corrected chi connectivity index (χ4v) is 4.77. The van der Waals surface area contributed by atoms with E-state index in [0.29, 0.717) is 28.6 Å². The Labute approximate surface area is 212 Å². The maximum absolute atomic E-state index is 14.0. The number of aromatic nitrogens is 2. The molecule has 1 aromatic heterocycles. The quantitative estimate of drug-likeness (QED) is 0.548. The number of anilines is 3. The monoisotopic (exact) mass is 484 g/mol. The van der Waals surface area contributed by atoms with Crippen LogP contribution in [-0.4, -0.2) is 77.4 Å². The van der Waals surface area contributed by atoms with E-state index < -0.39 is 0 Å². The Morgan fingerprint density at radius 3 is 2.33 bits per heavy atom. The number of amides is 2. The topological polar surface area (TPSA) is 72.9 Å². The van der Waals surface area contributed by atoms with Crippen LogP contribution < -0.4 is 9.80 Å². The van der Waals surface area contributed by atoms with Crippen molar-refractivity contribution in [3.05, 3.63) is 66.4 Å². The summed E-state index contributed by atoms with van der Waals surface area (Å²) in [6.07, 6.45) is 2.35. The first-order chi connectivity index (χ1) is 17.5. The fourth-order valence-electron chi connectivity index (χ4n) is 4.77. The number of benzene rings is 2. The van der Waals surface area contributed by atoms with E-state index in [9.17, 15) is 9.59 Å². The van der Waals surface area contributed by atoms with Gasteiger partial charge in [-0.2, -0.15) is 0 Å². The molecule has 0 N–H and O–H groups in total. The first-order valence-electron chi connectivity index (χ1n) is 12.6. The minimum atomic E-state index is -0.193. The van der Waals surface area contributed by atoms with E-state index in [0.717, 1.165) is 38.2 Å². The van der Waals surface area contributed by atoms with E-state index in [1.165, 1.54) is 0 Å². The van der Waals surface area contributed by atoms with Gasteiger partial charge < -0.3 is 9.80 Å².